The van der Waals surface area contributed by atoms with Gasteiger partial charge in [-0.3, -0.25) is 0 Å². The van der Waals surface area contributed by atoms with Crippen molar-refractivity contribution in [3.05, 3.63) is 46.7 Å². The molecule has 0 aliphatic heterocycles. The van der Waals surface area contributed by atoms with Crippen LogP contribution in [0.25, 0.3) is 5.69 Å². The predicted octanol–water partition coefficient (Wildman–Crippen LogP) is 2.58. The highest BCUT2D eigenvalue weighted by Gasteiger charge is 2.03. The molecule has 0 bridgehead atoms. The smallest absolute Gasteiger partial charge is 0.0683 e. The standard InChI is InChI=1S/C12H13ClN2O/c1-2-9-6-14-15(7-9)12-4-10(8-16)3-11(13)5-12/h3-7,16H,2,8H2,1H3. The monoisotopic (exact) mass is 236 g/mol. The molecule has 0 spiro atoms. The summed E-state index contributed by atoms with van der Waals surface area (Å²) in [6.45, 7) is 2.06. The minimum atomic E-state index is -0.0184. The third kappa shape index (κ3) is 2.26. The summed E-state index contributed by atoms with van der Waals surface area (Å²) >= 11 is 5.97. The second-order valence-corrected chi connectivity index (χ2v) is 4.06. The van der Waals surface area contributed by atoms with Gasteiger partial charge in [-0.1, -0.05) is 18.5 Å². The lowest BCUT2D eigenvalue weighted by molar-refractivity contribution is 0.282. The Morgan fingerprint density at radius 2 is 2.12 bits per heavy atom. The SMILES string of the molecule is CCc1cnn(-c2cc(Cl)cc(CO)c2)c1. The molecule has 0 amide bonds. The number of aliphatic hydroxyl groups excluding tert-OH is 1. The van der Waals surface area contributed by atoms with E-state index in [0.717, 1.165) is 17.7 Å². The van der Waals surface area contributed by atoms with Crippen molar-refractivity contribution in [3.63, 3.8) is 0 Å². The average molecular weight is 237 g/mol. The molecule has 0 unspecified atom stereocenters. The molecule has 0 saturated heterocycles. The highest BCUT2D eigenvalue weighted by atomic mass is 35.5. The van der Waals surface area contributed by atoms with Crippen LogP contribution in [0.5, 0.6) is 0 Å². The number of aliphatic hydroxyl groups is 1. The van der Waals surface area contributed by atoms with Crippen LogP contribution in [0.3, 0.4) is 0 Å². The van der Waals surface area contributed by atoms with Crippen molar-refractivity contribution >= 4 is 11.6 Å². The lowest BCUT2D eigenvalue weighted by Gasteiger charge is -2.04. The Bertz CT molecular complexity index is 494. The van der Waals surface area contributed by atoms with Crippen LogP contribution in [0, 0.1) is 0 Å². The zero-order valence-corrected chi connectivity index (χ0v) is 9.78. The summed E-state index contributed by atoms with van der Waals surface area (Å²) in [5.41, 5.74) is 2.83. The van der Waals surface area contributed by atoms with E-state index in [1.807, 2.05) is 24.5 Å². The van der Waals surface area contributed by atoms with Gasteiger partial charge in [0, 0.05) is 11.2 Å². The average Bonchev–Trinajstić information content (AvgIpc) is 2.76. The fourth-order valence-electron chi connectivity index (χ4n) is 1.54. The summed E-state index contributed by atoms with van der Waals surface area (Å²) in [6.07, 6.45) is 4.75. The van der Waals surface area contributed by atoms with Crippen molar-refractivity contribution < 1.29 is 5.11 Å². The zero-order valence-electron chi connectivity index (χ0n) is 9.02. The molecule has 0 atom stereocenters. The molecule has 1 aromatic carbocycles. The van der Waals surface area contributed by atoms with Crippen molar-refractivity contribution in [1.29, 1.82) is 0 Å². The van der Waals surface area contributed by atoms with Gasteiger partial charge < -0.3 is 5.11 Å². The number of hydrogen-bond acceptors (Lipinski definition) is 2. The second kappa shape index (κ2) is 4.68. The van der Waals surface area contributed by atoms with E-state index in [0.29, 0.717) is 5.02 Å². The number of aromatic nitrogens is 2. The topological polar surface area (TPSA) is 38.0 Å². The third-order valence-electron chi connectivity index (χ3n) is 2.43. The molecule has 0 aliphatic carbocycles. The van der Waals surface area contributed by atoms with Gasteiger partial charge >= 0.3 is 0 Å². The molecule has 1 heterocycles. The number of halogens is 1. The molecule has 2 aromatic rings. The fourth-order valence-corrected chi connectivity index (χ4v) is 1.79. The first-order valence-corrected chi connectivity index (χ1v) is 5.55. The van der Waals surface area contributed by atoms with E-state index < -0.39 is 0 Å². The quantitative estimate of drug-likeness (QED) is 0.890. The fraction of sp³-hybridized carbons (Fsp3) is 0.250. The lowest BCUT2D eigenvalue weighted by Crippen LogP contribution is -1.96. The summed E-state index contributed by atoms with van der Waals surface area (Å²) < 4.78 is 1.77. The van der Waals surface area contributed by atoms with Gasteiger partial charge in [0.1, 0.15) is 0 Å². The summed E-state index contributed by atoms with van der Waals surface area (Å²) in [4.78, 5) is 0. The molecule has 1 aromatic heterocycles. The lowest BCUT2D eigenvalue weighted by atomic mass is 10.2. The molecular formula is C12H13ClN2O. The Morgan fingerprint density at radius 1 is 1.31 bits per heavy atom. The van der Waals surface area contributed by atoms with Crippen molar-refractivity contribution in [3.8, 4) is 5.69 Å². The summed E-state index contributed by atoms with van der Waals surface area (Å²) in [5, 5.41) is 14.0. The van der Waals surface area contributed by atoms with E-state index in [4.69, 9.17) is 16.7 Å². The maximum Gasteiger partial charge on any atom is 0.0683 e. The molecule has 16 heavy (non-hydrogen) atoms. The normalized spacial score (nSPS) is 10.7. The van der Waals surface area contributed by atoms with Crippen LogP contribution in [0.1, 0.15) is 18.1 Å². The van der Waals surface area contributed by atoms with Gasteiger partial charge in [0.25, 0.3) is 0 Å². The summed E-state index contributed by atoms with van der Waals surface area (Å²) in [5.74, 6) is 0. The van der Waals surface area contributed by atoms with Gasteiger partial charge in [-0.05, 0) is 35.7 Å². The van der Waals surface area contributed by atoms with Crippen LogP contribution < -0.4 is 0 Å². The van der Waals surface area contributed by atoms with E-state index in [9.17, 15) is 0 Å². The van der Waals surface area contributed by atoms with Gasteiger partial charge in [-0.2, -0.15) is 5.10 Å². The molecule has 2 rings (SSSR count). The molecule has 0 saturated carbocycles. The van der Waals surface area contributed by atoms with Crippen LogP contribution in [-0.4, -0.2) is 14.9 Å². The van der Waals surface area contributed by atoms with Crippen molar-refractivity contribution in [2.45, 2.75) is 20.0 Å². The van der Waals surface area contributed by atoms with Crippen LogP contribution in [-0.2, 0) is 13.0 Å². The molecule has 3 nitrogen and oxygen atoms in total. The molecule has 0 fully saturated rings. The number of nitrogens with zero attached hydrogens (tertiary/aromatic N) is 2. The van der Waals surface area contributed by atoms with Crippen molar-refractivity contribution in [2.75, 3.05) is 0 Å². The third-order valence-corrected chi connectivity index (χ3v) is 2.65. The van der Waals surface area contributed by atoms with Crippen LogP contribution >= 0.6 is 11.6 Å². The predicted molar refractivity (Wildman–Crippen MR) is 63.9 cm³/mol. The Hall–Kier alpha value is -1.32. The molecule has 4 heteroatoms. The molecule has 84 valence electrons. The first kappa shape index (κ1) is 11.2. The Balaban J connectivity index is 2.42. The summed E-state index contributed by atoms with van der Waals surface area (Å²) in [6, 6.07) is 5.45. The largest absolute Gasteiger partial charge is 0.392 e. The van der Waals surface area contributed by atoms with Gasteiger partial charge in [-0.25, -0.2) is 4.68 Å². The minimum absolute atomic E-state index is 0.0184. The number of hydrogen-bond donors (Lipinski definition) is 1. The highest BCUT2D eigenvalue weighted by Crippen LogP contribution is 2.18. The number of rotatable bonds is 3. The van der Waals surface area contributed by atoms with E-state index in [1.54, 1.807) is 10.7 Å². The maximum atomic E-state index is 9.10. The molecule has 0 radical (unpaired) electrons. The van der Waals surface area contributed by atoms with Gasteiger partial charge in [-0.15, -0.1) is 0 Å². The van der Waals surface area contributed by atoms with Gasteiger partial charge in [0.15, 0.2) is 0 Å². The molecular weight excluding hydrogens is 224 g/mol. The molecule has 1 N–H and O–H groups in total. The van der Waals surface area contributed by atoms with E-state index in [1.165, 1.54) is 5.56 Å². The van der Waals surface area contributed by atoms with Gasteiger partial charge in [0.05, 0.1) is 18.5 Å². The number of benzene rings is 1. The maximum absolute atomic E-state index is 9.10. The first-order valence-electron chi connectivity index (χ1n) is 5.17. The van der Waals surface area contributed by atoms with Crippen LogP contribution in [0.15, 0.2) is 30.6 Å². The minimum Gasteiger partial charge on any atom is -0.392 e. The van der Waals surface area contributed by atoms with Crippen LogP contribution in [0.2, 0.25) is 5.02 Å². The highest BCUT2D eigenvalue weighted by molar-refractivity contribution is 6.30. The zero-order chi connectivity index (χ0) is 11.5. The Labute approximate surface area is 99.3 Å². The Kier molecular flexibility index (Phi) is 3.27. The van der Waals surface area contributed by atoms with Crippen molar-refractivity contribution in [2.24, 2.45) is 0 Å². The second-order valence-electron chi connectivity index (χ2n) is 3.62. The van der Waals surface area contributed by atoms with E-state index in [2.05, 4.69) is 12.0 Å². The van der Waals surface area contributed by atoms with Gasteiger partial charge in [0.2, 0.25) is 0 Å². The first-order chi connectivity index (χ1) is 7.72. The van der Waals surface area contributed by atoms with E-state index in [-0.39, 0.29) is 6.61 Å². The van der Waals surface area contributed by atoms with Crippen molar-refractivity contribution in [1.82, 2.24) is 9.78 Å². The Morgan fingerprint density at radius 3 is 2.75 bits per heavy atom. The molecule has 0 aliphatic rings. The number of aryl methyl sites for hydroxylation is 1. The van der Waals surface area contributed by atoms with E-state index >= 15 is 0 Å². The summed E-state index contributed by atoms with van der Waals surface area (Å²) in [7, 11) is 0. The van der Waals surface area contributed by atoms with Crippen LogP contribution in [0.4, 0.5) is 0 Å².